The zero-order valence-corrected chi connectivity index (χ0v) is 15.2. The lowest BCUT2D eigenvalue weighted by Gasteiger charge is -2.37. The Morgan fingerprint density at radius 2 is 1.69 bits per heavy atom. The van der Waals surface area contributed by atoms with Crippen molar-refractivity contribution in [2.75, 3.05) is 11.9 Å². The van der Waals surface area contributed by atoms with Crippen LogP contribution in [0.4, 0.5) is 5.69 Å². The van der Waals surface area contributed by atoms with Crippen molar-refractivity contribution in [3.8, 4) is 0 Å². The Morgan fingerprint density at radius 1 is 1.08 bits per heavy atom. The number of allylic oxidation sites excluding steroid dienone is 2. The number of nitrogens with zero attached hydrogens (tertiary/aromatic N) is 1. The molecule has 7 heteroatoms. The second kappa shape index (κ2) is 5.57. The van der Waals surface area contributed by atoms with Gasteiger partial charge in [0.15, 0.2) is 0 Å². The number of likely N-dealkylation sites (tertiary alicyclic amines) is 1. The summed E-state index contributed by atoms with van der Waals surface area (Å²) >= 11 is 12.0. The minimum absolute atomic E-state index is 0.155. The molecular formula is C19H16Cl2N2O3. The molecule has 1 aromatic carbocycles. The van der Waals surface area contributed by atoms with Gasteiger partial charge in [-0.1, -0.05) is 35.4 Å². The molecule has 4 aliphatic carbocycles. The van der Waals surface area contributed by atoms with Crippen molar-refractivity contribution in [2.45, 2.75) is 6.42 Å². The maximum atomic E-state index is 12.9. The van der Waals surface area contributed by atoms with Gasteiger partial charge in [-0.05, 0) is 48.3 Å². The summed E-state index contributed by atoms with van der Waals surface area (Å²) in [6.45, 7) is -0.289. The number of amides is 3. The minimum atomic E-state index is -0.458. The van der Waals surface area contributed by atoms with Crippen LogP contribution in [0, 0.1) is 35.5 Å². The standard InChI is InChI=1S/C19H16Cl2N2O3/c20-8-1-4-13(21)14(5-8)22-15(24)7-23-18(25)16-9-2-3-10(12-6-11(9)12)17(16)19(23)26/h1-5,9-12,16-17H,6-7H2,(H,22,24)/t9-,10-,11-,12+,16-,17+/m0/s1. The number of carbonyl (C=O) groups is 3. The van der Waals surface area contributed by atoms with E-state index in [0.717, 1.165) is 11.3 Å². The van der Waals surface area contributed by atoms with Crippen molar-refractivity contribution >= 4 is 46.6 Å². The fraction of sp³-hybridized carbons (Fsp3) is 0.421. The van der Waals surface area contributed by atoms with Crippen molar-refractivity contribution < 1.29 is 14.4 Å². The van der Waals surface area contributed by atoms with Gasteiger partial charge in [0.25, 0.3) is 0 Å². The first-order valence-electron chi connectivity index (χ1n) is 8.74. The number of carbonyl (C=O) groups excluding carboxylic acids is 3. The fourth-order valence-electron chi connectivity index (χ4n) is 5.10. The van der Waals surface area contributed by atoms with E-state index < -0.39 is 5.91 Å². The van der Waals surface area contributed by atoms with E-state index >= 15 is 0 Å². The van der Waals surface area contributed by atoms with Crippen LogP contribution in [0.15, 0.2) is 30.4 Å². The van der Waals surface area contributed by atoms with Gasteiger partial charge in [-0.25, -0.2) is 0 Å². The fourth-order valence-corrected chi connectivity index (χ4v) is 5.44. The van der Waals surface area contributed by atoms with Crippen LogP contribution >= 0.6 is 23.2 Å². The molecule has 1 N–H and O–H groups in total. The van der Waals surface area contributed by atoms with Gasteiger partial charge in [-0.15, -0.1) is 0 Å². The zero-order valence-electron chi connectivity index (χ0n) is 13.7. The summed E-state index contributed by atoms with van der Waals surface area (Å²) in [5, 5.41) is 3.42. The molecule has 0 radical (unpaired) electrons. The van der Waals surface area contributed by atoms with Crippen molar-refractivity contribution in [3.63, 3.8) is 0 Å². The van der Waals surface area contributed by atoms with E-state index in [9.17, 15) is 14.4 Å². The summed E-state index contributed by atoms with van der Waals surface area (Å²) in [5.74, 6) is -0.0606. The van der Waals surface area contributed by atoms with Crippen LogP contribution in [0.2, 0.25) is 10.0 Å². The molecule has 1 saturated heterocycles. The molecule has 0 aromatic heterocycles. The quantitative estimate of drug-likeness (QED) is 0.637. The van der Waals surface area contributed by atoms with E-state index in [0.29, 0.717) is 27.6 Å². The summed E-state index contributed by atoms with van der Waals surface area (Å²) < 4.78 is 0. The van der Waals surface area contributed by atoms with Crippen LogP contribution in [-0.4, -0.2) is 29.2 Å². The van der Waals surface area contributed by atoms with E-state index in [4.69, 9.17) is 23.2 Å². The van der Waals surface area contributed by atoms with Gasteiger partial charge >= 0.3 is 0 Å². The molecule has 5 nitrogen and oxygen atoms in total. The molecule has 3 amide bonds. The Morgan fingerprint density at radius 3 is 2.31 bits per heavy atom. The van der Waals surface area contributed by atoms with Crippen LogP contribution in [0.5, 0.6) is 0 Å². The molecule has 0 spiro atoms. The minimum Gasteiger partial charge on any atom is -0.323 e. The maximum Gasteiger partial charge on any atom is 0.244 e. The predicted octanol–water partition coefficient (Wildman–Crippen LogP) is 2.99. The van der Waals surface area contributed by atoms with Crippen molar-refractivity contribution in [3.05, 3.63) is 40.4 Å². The SMILES string of the molecule is O=C(CN1C(=O)[C@@H]2[C@H]3C=C[C@@H]([C@@H]4C[C@H]34)[C@@H]2C1=O)Nc1cc(Cl)ccc1Cl. The largest absolute Gasteiger partial charge is 0.323 e. The Bertz CT molecular complexity index is 848. The van der Waals surface area contributed by atoms with E-state index in [1.807, 2.05) is 0 Å². The van der Waals surface area contributed by atoms with Crippen molar-refractivity contribution in [1.29, 1.82) is 0 Å². The maximum absolute atomic E-state index is 12.9. The van der Waals surface area contributed by atoms with Gasteiger partial charge in [0.05, 0.1) is 22.5 Å². The molecule has 5 aliphatic rings. The molecule has 3 fully saturated rings. The highest BCUT2D eigenvalue weighted by Gasteiger charge is 2.67. The van der Waals surface area contributed by atoms with E-state index in [-0.39, 0.29) is 42.0 Å². The Labute approximate surface area is 160 Å². The average Bonchev–Trinajstić information content (AvgIpc) is 3.39. The molecular weight excluding hydrogens is 375 g/mol. The average molecular weight is 391 g/mol. The highest BCUT2D eigenvalue weighted by molar-refractivity contribution is 6.35. The third-order valence-electron chi connectivity index (χ3n) is 6.26. The van der Waals surface area contributed by atoms with E-state index in [1.54, 1.807) is 12.1 Å². The van der Waals surface area contributed by atoms with Crippen LogP contribution in [0.1, 0.15) is 6.42 Å². The lowest BCUT2D eigenvalue weighted by atomic mass is 9.63. The third kappa shape index (κ3) is 2.26. The van der Waals surface area contributed by atoms with E-state index in [1.165, 1.54) is 6.07 Å². The number of halogens is 2. The van der Waals surface area contributed by atoms with Crippen LogP contribution in [0.25, 0.3) is 0 Å². The van der Waals surface area contributed by atoms with Gasteiger partial charge in [-0.2, -0.15) is 0 Å². The monoisotopic (exact) mass is 390 g/mol. The highest BCUT2D eigenvalue weighted by Crippen LogP contribution is 2.65. The number of anilines is 1. The molecule has 2 bridgehead atoms. The number of hydrogen-bond acceptors (Lipinski definition) is 3. The van der Waals surface area contributed by atoms with Gasteiger partial charge < -0.3 is 5.32 Å². The first-order valence-corrected chi connectivity index (χ1v) is 9.50. The smallest absolute Gasteiger partial charge is 0.244 e. The molecule has 1 aromatic rings. The molecule has 0 unspecified atom stereocenters. The van der Waals surface area contributed by atoms with Crippen molar-refractivity contribution in [2.24, 2.45) is 35.5 Å². The number of imide groups is 1. The number of nitrogens with one attached hydrogen (secondary N) is 1. The normalized spacial score (nSPS) is 36.2. The highest BCUT2D eigenvalue weighted by atomic mass is 35.5. The first kappa shape index (κ1) is 16.3. The van der Waals surface area contributed by atoms with E-state index in [2.05, 4.69) is 17.5 Å². The lowest BCUT2D eigenvalue weighted by molar-refractivity contribution is -0.142. The molecule has 26 heavy (non-hydrogen) atoms. The van der Waals surface area contributed by atoms with Gasteiger partial charge in [-0.3, -0.25) is 19.3 Å². The van der Waals surface area contributed by atoms with Gasteiger partial charge in [0, 0.05) is 5.02 Å². The zero-order chi connectivity index (χ0) is 18.2. The summed E-state index contributed by atoms with van der Waals surface area (Å²) in [6, 6.07) is 4.73. The predicted molar refractivity (Wildman–Crippen MR) is 96.5 cm³/mol. The van der Waals surface area contributed by atoms with Crippen LogP contribution in [-0.2, 0) is 14.4 Å². The number of benzene rings is 1. The van der Waals surface area contributed by atoms with Gasteiger partial charge in [0.1, 0.15) is 6.54 Å². The molecule has 1 heterocycles. The molecule has 6 atom stereocenters. The molecule has 2 saturated carbocycles. The molecule has 6 rings (SSSR count). The molecule has 134 valence electrons. The van der Waals surface area contributed by atoms with Crippen LogP contribution < -0.4 is 5.32 Å². The number of rotatable bonds is 3. The van der Waals surface area contributed by atoms with Crippen LogP contribution in [0.3, 0.4) is 0 Å². The second-order valence-corrected chi connectivity index (χ2v) is 8.43. The number of hydrogen-bond donors (Lipinski definition) is 1. The van der Waals surface area contributed by atoms with Gasteiger partial charge in [0.2, 0.25) is 17.7 Å². The molecule has 1 aliphatic heterocycles. The summed E-state index contributed by atoms with van der Waals surface area (Å²) in [7, 11) is 0. The lowest BCUT2D eigenvalue weighted by Crippen LogP contribution is -2.40. The Balaban J connectivity index is 1.34. The first-order chi connectivity index (χ1) is 12.5. The summed E-state index contributed by atoms with van der Waals surface area (Å²) in [4.78, 5) is 39.2. The third-order valence-corrected chi connectivity index (χ3v) is 6.82. The summed E-state index contributed by atoms with van der Waals surface area (Å²) in [6.07, 6.45) is 5.34. The Hall–Kier alpha value is -1.85. The topological polar surface area (TPSA) is 66.5 Å². The summed E-state index contributed by atoms with van der Waals surface area (Å²) in [5.41, 5.74) is 0.364. The second-order valence-electron chi connectivity index (χ2n) is 7.59. The van der Waals surface area contributed by atoms with Crippen molar-refractivity contribution in [1.82, 2.24) is 4.90 Å². The Kier molecular flexibility index (Phi) is 3.50.